The molecule has 288 valence electrons. The van der Waals surface area contributed by atoms with Gasteiger partial charge in [0, 0.05) is 27.5 Å². The van der Waals surface area contributed by atoms with Crippen molar-refractivity contribution in [3.8, 4) is 78.4 Å². The molecule has 11 aromatic rings. The largest absolute Gasteiger partial charge is 0.455 e. The van der Waals surface area contributed by atoms with Crippen molar-refractivity contribution in [2.24, 2.45) is 0 Å². The molecule has 3 heteroatoms. The second kappa shape index (κ2) is 13.4. The number of aromatic nitrogens is 2. The Bertz CT molecular complexity index is 3520. The molecule has 9 aromatic carbocycles. The summed E-state index contributed by atoms with van der Waals surface area (Å²) in [6.45, 7) is 0. The lowest BCUT2D eigenvalue weighted by atomic mass is 9.70. The Kier molecular flexibility index (Phi) is 7.52. The lowest BCUT2D eigenvalue weighted by Crippen LogP contribution is -2.25. The topological polar surface area (TPSA) is 38.9 Å². The zero-order valence-corrected chi connectivity index (χ0v) is 33.6. The third-order valence-corrected chi connectivity index (χ3v) is 13.2. The van der Waals surface area contributed by atoms with Crippen molar-refractivity contribution in [2.45, 2.75) is 5.41 Å². The molecule has 13 rings (SSSR count). The van der Waals surface area contributed by atoms with Crippen LogP contribution >= 0.6 is 0 Å². The molecule has 0 amide bonds. The van der Waals surface area contributed by atoms with Crippen LogP contribution in [0.5, 0.6) is 0 Å². The van der Waals surface area contributed by atoms with Gasteiger partial charge in [-0.1, -0.05) is 194 Å². The van der Waals surface area contributed by atoms with Gasteiger partial charge in [-0.3, -0.25) is 0 Å². The van der Waals surface area contributed by atoms with Crippen LogP contribution in [0.3, 0.4) is 0 Å². The van der Waals surface area contributed by atoms with Gasteiger partial charge in [0.1, 0.15) is 11.2 Å². The maximum atomic E-state index is 6.64. The highest BCUT2D eigenvalue weighted by molar-refractivity contribution is 6.09. The monoisotopic (exact) mass is 788 g/mol. The number of para-hydroxylation sites is 2. The second-order valence-electron chi connectivity index (χ2n) is 16.4. The van der Waals surface area contributed by atoms with E-state index in [1.54, 1.807) is 0 Å². The Hall–Kier alpha value is -8.14. The predicted molar refractivity (Wildman–Crippen MR) is 253 cm³/mol. The summed E-state index contributed by atoms with van der Waals surface area (Å²) in [6, 6.07) is 78.4. The first-order chi connectivity index (χ1) is 30.7. The highest BCUT2D eigenvalue weighted by Crippen LogP contribution is 2.63. The van der Waals surface area contributed by atoms with Gasteiger partial charge in [-0.15, -0.1) is 0 Å². The summed E-state index contributed by atoms with van der Waals surface area (Å²) in [5.41, 5.74) is 20.6. The van der Waals surface area contributed by atoms with Crippen molar-refractivity contribution in [3.63, 3.8) is 0 Å². The van der Waals surface area contributed by atoms with Gasteiger partial charge in [-0.25, -0.2) is 9.97 Å². The Morgan fingerprint density at radius 3 is 1.48 bits per heavy atom. The van der Waals surface area contributed by atoms with E-state index >= 15 is 0 Å². The van der Waals surface area contributed by atoms with E-state index in [-0.39, 0.29) is 0 Å². The fourth-order valence-corrected chi connectivity index (χ4v) is 10.5. The van der Waals surface area contributed by atoms with E-state index in [1.807, 2.05) is 12.1 Å². The zero-order valence-electron chi connectivity index (χ0n) is 33.6. The summed E-state index contributed by atoms with van der Waals surface area (Å²) >= 11 is 0. The third kappa shape index (κ3) is 5.00. The molecule has 0 aliphatic heterocycles. The fraction of sp³-hybridized carbons (Fsp3) is 0.0169. The highest BCUT2D eigenvalue weighted by Gasteiger charge is 2.51. The van der Waals surface area contributed by atoms with Crippen molar-refractivity contribution in [2.75, 3.05) is 0 Å². The van der Waals surface area contributed by atoms with E-state index in [0.717, 1.165) is 61.1 Å². The first kappa shape index (κ1) is 34.7. The van der Waals surface area contributed by atoms with Crippen LogP contribution < -0.4 is 0 Å². The number of benzene rings is 9. The molecule has 2 aliphatic rings. The Balaban J connectivity index is 1.04. The molecule has 0 atom stereocenters. The third-order valence-electron chi connectivity index (χ3n) is 13.2. The molecular formula is C59H36N2O. The summed E-state index contributed by atoms with van der Waals surface area (Å²) in [7, 11) is 0. The summed E-state index contributed by atoms with van der Waals surface area (Å²) < 4.78 is 6.64. The van der Waals surface area contributed by atoms with Crippen LogP contribution in [0.4, 0.5) is 0 Å². The number of hydrogen-bond donors (Lipinski definition) is 0. The van der Waals surface area contributed by atoms with Crippen LogP contribution in [0.1, 0.15) is 22.3 Å². The first-order valence-corrected chi connectivity index (χ1v) is 21.2. The summed E-state index contributed by atoms with van der Waals surface area (Å²) in [5.74, 6) is 0.660. The van der Waals surface area contributed by atoms with Gasteiger partial charge in [0.2, 0.25) is 0 Å². The Morgan fingerprint density at radius 2 is 0.790 bits per heavy atom. The molecule has 2 heterocycles. The van der Waals surface area contributed by atoms with Gasteiger partial charge in [-0.2, -0.15) is 0 Å². The van der Waals surface area contributed by atoms with Crippen LogP contribution in [0.25, 0.3) is 100 Å². The van der Waals surface area contributed by atoms with E-state index in [9.17, 15) is 0 Å². The van der Waals surface area contributed by atoms with Gasteiger partial charge in [0.15, 0.2) is 5.82 Å². The van der Waals surface area contributed by atoms with Crippen LogP contribution in [-0.4, -0.2) is 9.97 Å². The normalized spacial score (nSPS) is 13.0. The maximum Gasteiger partial charge on any atom is 0.160 e. The summed E-state index contributed by atoms with van der Waals surface area (Å²) in [5, 5.41) is 2.15. The standard InChI is InChI=1S/C59H36N2O/c1-2-15-37(16-3-1)38-29-31-39(32-30-38)41-17-4-5-21-46(41)54-36-55(49-24-14-23-48-47-22-9-13-28-56(47)62-57(48)49)61-58(60-54)40-33-34-45-44-20-8-12-27-52(44)59(53(45)35-40)50-25-10-6-18-42(50)43-19-7-11-26-51(43)59/h1-36H. The van der Waals surface area contributed by atoms with Crippen molar-refractivity contribution in [1.82, 2.24) is 9.97 Å². The van der Waals surface area contributed by atoms with Crippen molar-refractivity contribution < 1.29 is 4.42 Å². The molecule has 3 nitrogen and oxygen atoms in total. The minimum Gasteiger partial charge on any atom is -0.455 e. The van der Waals surface area contributed by atoms with E-state index in [1.165, 1.54) is 55.6 Å². The van der Waals surface area contributed by atoms with Crippen molar-refractivity contribution >= 4 is 21.9 Å². The van der Waals surface area contributed by atoms with E-state index in [2.05, 4.69) is 206 Å². The average molecular weight is 789 g/mol. The molecule has 0 bridgehead atoms. The molecule has 0 N–H and O–H groups in total. The van der Waals surface area contributed by atoms with Gasteiger partial charge < -0.3 is 4.42 Å². The van der Waals surface area contributed by atoms with Crippen LogP contribution in [0, 0.1) is 0 Å². The Labute approximate surface area is 359 Å². The molecule has 0 radical (unpaired) electrons. The molecule has 2 aromatic heterocycles. The van der Waals surface area contributed by atoms with E-state index in [4.69, 9.17) is 14.4 Å². The van der Waals surface area contributed by atoms with E-state index < -0.39 is 5.41 Å². The minimum atomic E-state index is -0.478. The van der Waals surface area contributed by atoms with Gasteiger partial charge >= 0.3 is 0 Å². The minimum absolute atomic E-state index is 0.478. The second-order valence-corrected chi connectivity index (χ2v) is 16.4. The quantitative estimate of drug-likeness (QED) is 0.174. The lowest BCUT2D eigenvalue weighted by Gasteiger charge is -2.30. The SMILES string of the molecule is c1ccc(-c2ccc(-c3ccccc3-c3cc(-c4cccc5c4oc4ccccc45)nc(-c4ccc5c(c4)C4(c6ccccc6-c6ccccc64)c4ccccc4-5)n3)cc2)cc1. The van der Waals surface area contributed by atoms with E-state index in [0.29, 0.717) is 5.82 Å². The zero-order chi connectivity index (χ0) is 40.8. The fourth-order valence-electron chi connectivity index (χ4n) is 10.5. The molecule has 2 aliphatic carbocycles. The molecule has 0 fully saturated rings. The maximum absolute atomic E-state index is 6.64. The highest BCUT2D eigenvalue weighted by atomic mass is 16.3. The molecule has 0 saturated heterocycles. The number of hydrogen-bond acceptors (Lipinski definition) is 3. The predicted octanol–water partition coefficient (Wildman–Crippen LogP) is 15.1. The number of fused-ring (bicyclic) bond motifs is 13. The summed E-state index contributed by atoms with van der Waals surface area (Å²) in [4.78, 5) is 11.0. The first-order valence-electron chi connectivity index (χ1n) is 21.2. The number of rotatable bonds is 5. The van der Waals surface area contributed by atoms with Crippen LogP contribution in [0.15, 0.2) is 223 Å². The summed E-state index contributed by atoms with van der Waals surface area (Å²) in [6.07, 6.45) is 0. The van der Waals surface area contributed by atoms with Crippen LogP contribution in [0.2, 0.25) is 0 Å². The van der Waals surface area contributed by atoms with Gasteiger partial charge in [0.25, 0.3) is 0 Å². The van der Waals surface area contributed by atoms with Crippen LogP contribution in [-0.2, 0) is 5.41 Å². The molecular weight excluding hydrogens is 753 g/mol. The molecule has 0 saturated carbocycles. The number of nitrogens with zero attached hydrogens (tertiary/aromatic N) is 2. The van der Waals surface area contributed by atoms with Crippen molar-refractivity contribution in [1.29, 1.82) is 0 Å². The molecule has 62 heavy (non-hydrogen) atoms. The molecule has 1 spiro atoms. The smallest absolute Gasteiger partial charge is 0.160 e. The lowest BCUT2D eigenvalue weighted by molar-refractivity contribution is 0.670. The Morgan fingerprint density at radius 1 is 0.306 bits per heavy atom. The van der Waals surface area contributed by atoms with Crippen molar-refractivity contribution in [3.05, 3.63) is 241 Å². The van der Waals surface area contributed by atoms with Gasteiger partial charge in [-0.05, 0) is 91.0 Å². The van der Waals surface area contributed by atoms with Gasteiger partial charge in [0.05, 0.1) is 16.8 Å². The number of furan rings is 1. The molecule has 0 unspecified atom stereocenters. The average Bonchev–Trinajstić information content (AvgIpc) is 3.98.